The molecule has 1 N–H and O–H groups in total. The molecular weight excluding hydrogens is 481 g/mol. The average molecular weight is 501 g/mol. The summed E-state index contributed by atoms with van der Waals surface area (Å²) < 4.78 is 70.1. The van der Waals surface area contributed by atoms with Gasteiger partial charge in [0.1, 0.15) is 18.9 Å². The van der Waals surface area contributed by atoms with Crippen molar-refractivity contribution >= 4 is 44.0 Å². The molecule has 0 atom stereocenters. The highest BCUT2D eigenvalue weighted by atomic mass is 35.5. The minimum Gasteiger partial charge on any atom is -0.491 e. The maximum atomic E-state index is 13.1. The van der Waals surface area contributed by atoms with Crippen LogP contribution in [-0.2, 0) is 21.0 Å². The van der Waals surface area contributed by atoms with Gasteiger partial charge in [-0.2, -0.15) is 13.2 Å². The zero-order chi connectivity index (χ0) is 24.2. The molecule has 1 amide bonds. The first-order valence-corrected chi connectivity index (χ1v) is 11.9. The second-order valence-electron chi connectivity index (χ2n) is 7.11. The number of benzene rings is 3. The number of anilines is 1. The van der Waals surface area contributed by atoms with Crippen LogP contribution in [0.4, 0.5) is 18.9 Å². The van der Waals surface area contributed by atoms with E-state index in [4.69, 9.17) is 16.3 Å². The molecule has 0 aliphatic heterocycles. The molecule has 0 radical (unpaired) electrons. The number of halogens is 4. The van der Waals surface area contributed by atoms with Gasteiger partial charge in [-0.15, -0.1) is 0 Å². The summed E-state index contributed by atoms with van der Waals surface area (Å²) in [6.07, 6.45) is -3.98. The smallest absolute Gasteiger partial charge is 0.417 e. The molecule has 11 heteroatoms. The third-order valence-corrected chi connectivity index (χ3v) is 6.13. The van der Waals surface area contributed by atoms with Crippen LogP contribution < -0.4 is 14.4 Å². The molecule has 0 saturated heterocycles. The van der Waals surface area contributed by atoms with Crippen LogP contribution in [0, 0.1) is 0 Å². The highest BCUT2D eigenvalue weighted by Crippen LogP contribution is 2.37. The third-order valence-electron chi connectivity index (χ3n) is 4.66. The number of hydrogen-bond acceptors (Lipinski definition) is 4. The Labute approximate surface area is 194 Å². The summed E-state index contributed by atoms with van der Waals surface area (Å²) in [7, 11) is -4.06. The van der Waals surface area contributed by atoms with E-state index in [2.05, 4.69) is 5.32 Å². The summed E-state index contributed by atoms with van der Waals surface area (Å²) in [4.78, 5) is 12.3. The number of carbonyl (C=O) groups is 1. The maximum absolute atomic E-state index is 13.1. The fourth-order valence-corrected chi connectivity index (χ4v) is 4.22. The van der Waals surface area contributed by atoms with Gasteiger partial charge in [-0.1, -0.05) is 48.0 Å². The van der Waals surface area contributed by atoms with Crippen molar-refractivity contribution in [3.63, 3.8) is 0 Å². The minimum absolute atomic E-state index is 0.0636. The topological polar surface area (TPSA) is 75.7 Å². The Kier molecular flexibility index (Phi) is 7.38. The zero-order valence-electron chi connectivity index (χ0n) is 17.4. The highest BCUT2D eigenvalue weighted by molar-refractivity contribution is 7.92. The van der Waals surface area contributed by atoms with Gasteiger partial charge in [-0.05, 0) is 29.7 Å². The molecule has 0 fully saturated rings. The van der Waals surface area contributed by atoms with Gasteiger partial charge >= 0.3 is 6.18 Å². The fraction of sp³-hybridized carbons (Fsp3) is 0.227. The SMILES string of the molecule is CS(=O)(=O)N(CC(=O)NCCOc1cccc2ccccc12)c1ccc(Cl)c(C(F)(F)F)c1. The van der Waals surface area contributed by atoms with Crippen LogP contribution in [0.1, 0.15) is 5.56 Å². The number of hydrogen-bond donors (Lipinski definition) is 1. The molecule has 0 saturated carbocycles. The Morgan fingerprint density at radius 2 is 1.79 bits per heavy atom. The fourth-order valence-electron chi connectivity index (χ4n) is 3.14. The van der Waals surface area contributed by atoms with Crippen LogP contribution in [0.25, 0.3) is 10.8 Å². The molecule has 0 aromatic heterocycles. The van der Waals surface area contributed by atoms with E-state index in [1.165, 1.54) is 0 Å². The van der Waals surface area contributed by atoms with E-state index in [1.807, 2.05) is 36.4 Å². The Morgan fingerprint density at radius 1 is 1.09 bits per heavy atom. The maximum Gasteiger partial charge on any atom is 0.417 e. The predicted molar refractivity (Wildman–Crippen MR) is 121 cm³/mol. The molecule has 6 nitrogen and oxygen atoms in total. The number of ether oxygens (including phenoxy) is 1. The standard InChI is InChI=1S/C22H20ClF3N2O4S/c1-33(30,31)28(16-9-10-19(23)18(13-16)22(24,25)26)14-21(29)27-11-12-32-20-8-4-6-15-5-2-3-7-17(15)20/h2-10,13H,11-12,14H2,1H3,(H,27,29). The average Bonchev–Trinajstić information content (AvgIpc) is 2.74. The number of alkyl halides is 3. The number of sulfonamides is 1. The number of carbonyl (C=O) groups excluding carboxylic acids is 1. The first kappa shape index (κ1) is 24.7. The molecule has 3 rings (SSSR count). The van der Waals surface area contributed by atoms with E-state index in [1.54, 1.807) is 6.07 Å². The van der Waals surface area contributed by atoms with E-state index < -0.39 is 39.2 Å². The number of nitrogens with one attached hydrogen (secondary N) is 1. The molecule has 0 spiro atoms. The normalized spacial score (nSPS) is 11.9. The second kappa shape index (κ2) is 9.88. The van der Waals surface area contributed by atoms with E-state index in [0.717, 1.165) is 29.2 Å². The highest BCUT2D eigenvalue weighted by Gasteiger charge is 2.34. The van der Waals surface area contributed by atoms with E-state index >= 15 is 0 Å². The molecule has 0 bridgehead atoms. The van der Waals surface area contributed by atoms with Crippen molar-refractivity contribution in [3.05, 3.63) is 71.2 Å². The molecule has 33 heavy (non-hydrogen) atoms. The lowest BCUT2D eigenvalue weighted by Gasteiger charge is -2.23. The van der Waals surface area contributed by atoms with Crippen LogP contribution in [0.2, 0.25) is 5.02 Å². The lowest BCUT2D eigenvalue weighted by atomic mass is 10.1. The Bertz CT molecular complexity index is 1260. The van der Waals surface area contributed by atoms with E-state index in [9.17, 15) is 26.4 Å². The Hall–Kier alpha value is -2.98. The van der Waals surface area contributed by atoms with Crippen molar-refractivity contribution in [2.24, 2.45) is 0 Å². The van der Waals surface area contributed by atoms with Crippen LogP contribution >= 0.6 is 11.6 Å². The van der Waals surface area contributed by atoms with Gasteiger partial charge in [0.15, 0.2) is 0 Å². The van der Waals surface area contributed by atoms with Crippen LogP contribution in [0.15, 0.2) is 60.7 Å². The zero-order valence-corrected chi connectivity index (χ0v) is 19.0. The van der Waals surface area contributed by atoms with Crippen molar-refractivity contribution in [1.82, 2.24) is 5.32 Å². The Morgan fingerprint density at radius 3 is 2.48 bits per heavy atom. The van der Waals surface area contributed by atoms with E-state index in [-0.39, 0.29) is 18.8 Å². The molecule has 3 aromatic carbocycles. The predicted octanol–water partition coefficient (Wildman–Crippen LogP) is 4.47. The molecule has 0 heterocycles. The van der Waals surface area contributed by atoms with Crippen LogP contribution in [0.5, 0.6) is 5.75 Å². The van der Waals surface area contributed by atoms with Gasteiger partial charge in [-0.3, -0.25) is 9.10 Å². The molecule has 0 unspecified atom stereocenters. The van der Waals surface area contributed by atoms with Crippen LogP contribution in [0.3, 0.4) is 0 Å². The number of fused-ring (bicyclic) bond motifs is 1. The third kappa shape index (κ3) is 6.29. The summed E-state index contributed by atoms with van der Waals surface area (Å²) >= 11 is 5.60. The molecule has 176 valence electrons. The number of nitrogens with zero attached hydrogens (tertiary/aromatic N) is 1. The summed E-state index contributed by atoms with van der Waals surface area (Å²) in [6, 6.07) is 15.8. The summed E-state index contributed by atoms with van der Waals surface area (Å²) in [5, 5.41) is 3.83. The molecular formula is C22H20ClF3N2O4S. The van der Waals surface area contributed by atoms with Crippen molar-refractivity contribution in [3.8, 4) is 5.75 Å². The van der Waals surface area contributed by atoms with Crippen molar-refractivity contribution in [1.29, 1.82) is 0 Å². The number of rotatable bonds is 8. The summed E-state index contributed by atoms with van der Waals surface area (Å²) in [6.45, 7) is -0.530. The van der Waals surface area contributed by atoms with Crippen molar-refractivity contribution in [2.45, 2.75) is 6.18 Å². The van der Waals surface area contributed by atoms with Gasteiger partial charge in [-0.25, -0.2) is 8.42 Å². The van der Waals surface area contributed by atoms with Crippen molar-refractivity contribution < 1.29 is 31.1 Å². The second-order valence-corrected chi connectivity index (χ2v) is 9.42. The van der Waals surface area contributed by atoms with Gasteiger partial charge in [0.25, 0.3) is 0 Å². The molecule has 0 aliphatic carbocycles. The summed E-state index contributed by atoms with van der Waals surface area (Å²) in [5.74, 6) is -0.0774. The van der Waals surface area contributed by atoms with Gasteiger partial charge in [0.05, 0.1) is 29.1 Å². The van der Waals surface area contributed by atoms with Gasteiger partial charge < -0.3 is 10.1 Å². The largest absolute Gasteiger partial charge is 0.491 e. The number of amides is 1. The molecule has 0 aliphatic rings. The first-order valence-electron chi connectivity index (χ1n) is 9.68. The monoisotopic (exact) mass is 500 g/mol. The van der Waals surface area contributed by atoms with Crippen LogP contribution in [-0.4, -0.2) is 40.3 Å². The summed E-state index contributed by atoms with van der Waals surface area (Å²) in [5.41, 5.74) is -1.52. The first-order chi connectivity index (χ1) is 15.5. The lowest BCUT2D eigenvalue weighted by Crippen LogP contribution is -2.41. The van der Waals surface area contributed by atoms with Gasteiger partial charge in [0.2, 0.25) is 15.9 Å². The Balaban J connectivity index is 1.64. The quantitative estimate of drug-likeness (QED) is 0.463. The van der Waals surface area contributed by atoms with E-state index in [0.29, 0.717) is 16.1 Å². The van der Waals surface area contributed by atoms with Gasteiger partial charge in [0, 0.05) is 5.39 Å². The minimum atomic E-state index is -4.78. The molecule has 3 aromatic rings. The van der Waals surface area contributed by atoms with Crippen molar-refractivity contribution in [2.75, 3.05) is 30.3 Å². The lowest BCUT2D eigenvalue weighted by molar-refractivity contribution is -0.137.